The SMILES string of the molecule is C[C@@H](CO)NS(=O)(=O)c1ccc(OCc2ccccc2)cc1. The molecule has 0 unspecified atom stereocenters. The zero-order valence-corrected chi connectivity index (χ0v) is 13.1. The highest BCUT2D eigenvalue weighted by atomic mass is 32.2. The van der Waals surface area contributed by atoms with Crippen molar-refractivity contribution >= 4 is 10.0 Å². The average molecular weight is 321 g/mol. The number of ether oxygens (including phenoxy) is 1. The summed E-state index contributed by atoms with van der Waals surface area (Å²) < 4.78 is 32.0. The van der Waals surface area contributed by atoms with Crippen LogP contribution in [0.2, 0.25) is 0 Å². The molecule has 0 saturated heterocycles. The zero-order valence-electron chi connectivity index (χ0n) is 12.3. The normalized spacial score (nSPS) is 12.8. The van der Waals surface area contributed by atoms with E-state index in [1.54, 1.807) is 19.1 Å². The van der Waals surface area contributed by atoms with Crippen molar-refractivity contribution in [1.82, 2.24) is 4.72 Å². The third-order valence-electron chi connectivity index (χ3n) is 3.01. The molecule has 5 nitrogen and oxygen atoms in total. The van der Waals surface area contributed by atoms with Gasteiger partial charge in [-0.25, -0.2) is 13.1 Å². The fourth-order valence-corrected chi connectivity index (χ4v) is 3.06. The fourth-order valence-electron chi connectivity index (χ4n) is 1.83. The maximum atomic E-state index is 12.0. The maximum Gasteiger partial charge on any atom is 0.240 e. The molecule has 0 heterocycles. The standard InChI is InChI=1S/C16H19NO4S/c1-13(11-18)17-22(19,20)16-9-7-15(8-10-16)21-12-14-5-3-2-4-6-14/h2-10,13,17-18H,11-12H2,1H3/t13-/m0/s1. The molecule has 2 aromatic carbocycles. The Morgan fingerprint density at radius 1 is 1.09 bits per heavy atom. The molecular formula is C16H19NO4S. The van der Waals surface area contributed by atoms with Gasteiger partial charge in [0.2, 0.25) is 10.0 Å². The molecule has 0 aliphatic rings. The number of nitrogens with one attached hydrogen (secondary N) is 1. The summed E-state index contributed by atoms with van der Waals surface area (Å²) in [5.41, 5.74) is 1.04. The second-order valence-electron chi connectivity index (χ2n) is 4.95. The van der Waals surface area contributed by atoms with E-state index >= 15 is 0 Å². The van der Waals surface area contributed by atoms with Crippen molar-refractivity contribution in [2.24, 2.45) is 0 Å². The minimum Gasteiger partial charge on any atom is -0.489 e. The van der Waals surface area contributed by atoms with Gasteiger partial charge in [-0.3, -0.25) is 0 Å². The van der Waals surface area contributed by atoms with E-state index in [4.69, 9.17) is 9.84 Å². The number of aliphatic hydroxyl groups is 1. The van der Waals surface area contributed by atoms with E-state index in [1.807, 2.05) is 30.3 Å². The lowest BCUT2D eigenvalue weighted by atomic mass is 10.2. The molecule has 0 amide bonds. The molecule has 0 radical (unpaired) electrons. The monoisotopic (exact) mass is 321 g/mol. The Hall–Kier alpha value is -1.89. The van der Waals surface area contributed by atoms with Gasteiger partial charge >= 0.3 is 0 Å². The first kappa shape index (κ1) is 16.5. The second-order valence-corrected chi connectivity index (χ2v) is 6.66. The summed E-state index contributed by atoms with van der Waals surface area (Å²) in [6.45, 7) is 1.76. The lowest BCUT2D eigenvalue weighted by Crippen LogP contribution is -2.34. The van der Waals surface area contributed by atoms with Gasteiger partial charge < -0.3 is 9.84 Å². The Balaban J connectivity index is 2.01. The smallest absolute Gasteiger partial charge is 0.240 e. The van der Waals surface area contributed by atoms with E-state index in [9.17, 15) is 8.42 Å². The molecule has 6 heteroatoms. The molecule has 0 spiro atoms. The number of sulfonamides is 1. The van der Waals surface area contributed by atoms with Crippen LogP contribution in [0.5, 0.6) is 5.75 Å². The molecule has 0 fully saturated rings. The lowest BCUT2D eigenvalue weighted by molar-refractivity contribution is 0.265. The molecule has 0 bridgehead atoms. The molecule has 0 aliphatic heterocycles. The van der Waals surface area contributed by atoms with E-state index in [0.717, 1.165) is 5.56 Å². The highest BCUT2D eigenvalue weighted by molar-refractivity contribution is 7.89. The number of benzene rings is 2. The van der Waals surface area contributed by atoms with Crippen molar-refractivity contribution in [2.75, 3.05) is 6.61 Å². The summed E-state index contributed by atoms with van der Waals surface area (Å²) >= 11 is 0. The predicted molar refractivity (Wildman–Crippen MR) is 84.1 cm³/mol. The Morgan fingerprint density at radius 3 is 2.32 bits per heavy atom. The van der Waals surface area contributed by atoms with Gasteiger partial charge in [0.05, 0.1) is 11.5 Å². The van der Waals surface area contributed by atoms with Crippen LogP contribution in [0.15, 0.2) is 59.5 Å². The highest BCUT2D eigenvalue weighted by Gasteiger charge is 2.16. The average Bonchev–Trinajstić information content (AvgIpc) is 2.54. The first-order valence-corrected chi connectivity index (χ1v) is 8.39. The number of aliphatic hydroxyl groups excluding tert-OH is 1. The minimum absolute atomic E-state index is 0.139. The molecule has 1 atom stereocenters. The van der Waals surface area contributed by atoms with Gasteiger partial charge in [0, 0.05) is 6.04 Å². The maximum absolute atomic E-state index is 12.0. The molecule has 22 heavy (non-hydrogen) atoms. The van der Waals surface area contributed by atoms with E-state index in [2.05, 4.69) is 4.72 Å². The van der Waals surface area contributed by atoms with Gasteiger partial charge in [0.15, 0.2) is 0 Å². The third kappa shape index (κ3) is 4.56. The Bertz CT molecular complexity index is 684. The van der Waals surface area contributed by atoms with Gasteiger partial charge in [0.25, 0.3) is 0 Å². The summed E-state index contributed by atoms with van der Waals surface area (Å²) in [6, 6.07) is 15.4. The van der Waals surface area contributed by atoms with Crippen molar-refractivity contribution in [1.29, 1.82) is 0 Å². The molecule has 2 aromatic rings. The van der Waals surface area contributed by atoms with Crippen molar-refractivity contribution in [2.45, 2.75) is 24.5 Å². The first-order chi connectivity index (χ1) is 10.5. The Morgan fingerprint density at radius 2 is 1.73 bits per heavy atom. The van der Waals surface area contributed by atoms with Crippen molar-refractivity contribution < 1.29 is 18.3 Å². The number of rotatable bonds is 7. The summed E-state index contributed by atoms with van der Waals surface area (Å²) in [4.78, 5) is 0.139. The van der Waals surface area contributed by atoms with E-state index in [0.29, 0.717) is 12.4 Å². The van der Waals surface area contributed by atoms with Crippen LogP contribution < -0.4 is 9.46 Å². The van der Waals surface area contributed by atoms with Gasteiger partial charge in [-0.1, -0.05) is 30.3 Å². The molecule has 0 saturated carbocycles. The molecule has 118 valence electrons. The van der Waals surface area contributed by atoms with E-state index in [-0.39, 0.29) is 11.5 Å². The quantitative estimate of drug-likeness (QED) is 0.817. The highest BCUT2D eigenvalue weighted by Crippen LogP contribution is 2.17. The number of hydrogen-bond acceptors (Lipinski definition) is 4. The molecule has 0 aromatic heterocycles. The summed E-state index contributed by atoms with van der Waals surface area (Å²) in [5.74, 6) is 0.595. The Kier molecular flexibility index (Phi) is 5.54. The van der Waals surface area contributed by atoms with Crippen molar-refractivity contribution in [3.8, 4) is 5.75 Å². The van der Waals surface area contributed by atoms with Crippen LogP contribution in [0.25, 0.3) is 0 Å². The van der Waals surface area contributed by atoms with Gasteiger partial charge in [-0.15, -0.1) is 0 Å². The fraction of sp³-hybridized carbons (Fsp3) is 0.250. The van der Waals surface area contributed by atoms with Crippen LogP contribution in [0, 0.1) is 0 Å². The van der Waals surface area contributed by atoms with E-state index in [1.165, 1.54) is 12.1 Å². The van der Waals surface area contributed by atoms with Gasteiger partial charge in [-0.2, -0.15) is 0 Å². The van der Waals surface area contributed by atoms with Crippen molar-refractivity contribution in [3.63, 3.8) is 0 Å². The summed E-state index contributed by atoms with van der Waals surface area (Å²) in [5, 5.41) is 8.92. The first-order valence-electron chi connectivity index (χ1n) is 6.91. The van der Waals surface area contributed by atoms with Crippen LogP contribution in [0.3, 0.4) is 0 Å². The molecule has 0 aliphatic carbocycles. The largest absolute Gasteiger partial charge is 0.489 e. The minimum atomic E-state index is -3.62. The summed E-state index contributed by atoms with van der Waals surface area (Å²) in [7, 11) is -3.62. The second kappa shape index (κ2) is 7.40. The van der Waals surface area contributed by atoms with Gasteiger partial charge in [-0.05, 0) is 36.8 Å². The molecule has 2 rings (SSSR count). The van der Waals surface area contributed by atoms with Crippen LogP contribution in [-0.2, 0) is 16.6 Å². The van der Waals surface area contributed by atoms with Gasteiger partial charge in [0.1, 0.15) is 12.4 Å². The van der Waals surface area contributed by atoms with Crippen LogP contribution in [0.1, 0.15) is 12.5 Å². The molecular weight excluding hydrogens is 302 g/mol. The zero-order chi connectivity index (χ0) is 16.0. The predicted octanol–water partition coefficient (Wildman–Crippen LogP) is 1.92. The van der Waals surface area contributed by atoms with Crippen LogP contribution in [0.4, 0.5) is 0 Å². The topological polar surface area (TPSA) is 75.6 Å². The molecule has 2 N–H and O–H groups in total. The lowest BCUT2D eigenvalue weighted by Gasteiger charge is -2.12. The summed E-state index contributed by atoms with van der Waals surface area (Å²) in [6.07, 6.45) is 0. The Labute approximate surface area is 130 Å². The van der Waals surface area contributed by atoms with E-state index < -0.39 is 16.1 Å². The van der Waals surface area contributed by atoms with Crippen LogP contribution in [-0.4, -0.2) is 26.2 Å². The van der Waals surface area contributed by atoms with Crippen LogP contribution >= 0.6 is 0 Å². The number of hydrogen-bond donors (Lipinski definition) is 2. The third-order valence-corrected chi connectivity index (χ3v) is 4.62. The van der Waals surface area contributed by atoms with Crippen molar-refractivity contribution in [3.05, 3.63) is 60.2 Å².